The molecule has 0 saturated heterocycles. The Morgan fingerprint density at radius 1 is 1.12 bits per heavy atom. The molecule has 0 aliphatic carbocycles. The van der Waals surface area contributed by atoms with Gasteiger partial charge in [-0.25, -0.2) is 4.39 Å². The number of ether oxygens (including phenoxy) is 1. The molecule has 1 N–H and O–H groups in total. The number of carbonyl (C=O) groups is 1. The number of hydrogen-bond acceptors (Lipinski definition) is 2. The Morgan fingerprint density at radius 3 is 2.40 bits per heavy atom. The number of alkyl halides is 3. The van der Waals surface area contributed by atoms with E-state index in [-0.39, 0.29) is 18.9 Å². The zero-order valence-electron chi connectivity index (χ0n) is 12.9. The summed E-state index contributed by atoms with van der Waals surface area (Å²) >= 11 is 3.11. The molecule has 134 valence electrons. The highest BCUT2D eigenvalue weighted by Gasteiger charge is 2.29. The minimum absolute atomic E-state index is 0.0407. The first-order valence-corrected chi connectivity index (χ1v) is 8.05. The molecule has 0 heterocycles. The number of rotatable bonds is 6. The fourth-order valence-corrected chi connectivity index (χ4v) is 2.33. The third-order valence-corrected chi connectivity index (χ3v) is 3.76. The van der Waals surface area contributed by atoms with Gasteiger partial charge in [-0.05, 0) is 42.3 Å². The molecule has 25 heavy (non-hydrogen) atoms. The van der Waals surface area contributed by atoms with Crippen LogP contribution in [0.3, 0.4) is 0 Å². The minimum atomic E-state index is -4.37. The predicted octanol–water partition coefficient (Wildman–Crippen LogP) is 4.34. The summed E-state index contributed by atoms with van der Waals surface area (Å²) in [5, 5.41) is 2.56. The SMILES string of the molecule is O=C(COc1ccc(Br)cc1F)NCCc1ccc(C(F)(F)F)cc1. The molecule has 0 aromatic heterocycles. The maximum absolute atomic E-state index is 13.5. The van der Waals surface area contributed by atoms with Crippen LogP contribution in [-0.4, -0.2) is 19.1 Å². The first-order valence-electron chi connectivity index (χ1n) is 7.26. The maximum atomic E-state index is 13.5. The molecule has 3 nitrogen and oxygen atoms in total. The first kappa shape index (κ1) is 19.2. The molecule has 2 rings (SSSR count). The highest BCUT2D eigenvalue weighted by molar-refractivity contribution is 9.10. The fourth-order valence-electron chi connectivity index (χ4n) is 1.99. The Balaban J connectivity index is 1.75. The van der Waals surface area contributed by atoms with E-state index in [9.17, 15) is 22.4 Å². The molecule has 2 aromatic rings. The average molecular weight is 420 g/mol. The van der Waals surface area contributed by atoms with Crippen molar-refractivity contribution in [1.82, 2.24) is 5.32 Å². The van der Waals surface area contributed by atoms with Crippen LogP contribution in [0.15, 0.2) is 46.9 Å². The second-order valence-corrected chi connectivity index (χ2v) is 6.07. The lowest BCUT2D eigenvalue weighted by Gasteiger charge is -2.09. The van der Waals surface area contributed by atoms with Gasteiger partial charge in [-0.3, -0.25) is 4.79 Å². The van der Waals surface area contributed by atoms with Crippen molar-refractivity contribution >= 4 is 21.8 Å². The molecular weight excluding hydrogens is 406 g/mol. The van der Waals surface area contributed by atoms with Crippen LogP contribution in [-0.2, 0) is 17.4 Å². The van der Waals surface area contributed by atoms with Gasteiger partial charge in [0.2, 0.25) is 0 Å². The largest absolute Gasteiger partial charge is 0.481 e. The van der Waals surface area contributed by atoms with E-state index in [1.165, 1.54) is 24.3 Å². The summed E-state index contributed by atoms with van der Waals surface area (Å²) in [6, 6.07) is 8.92. The van der Waals surface area contributed by atoms with Gasteiger partial charge in [0.15, 0.2) is 18.2 Å². The molecule has 0 bridgehead atoms. The Morgan fingerprint density at radius 2 is 1.80 bits per heavy atom. The topological polar surface area (TPSA) is 38.3 Å². The minimum Gasteiger partial charge on any atom is -0.481 e. The number of benzene rings is 2. The summed E-state index contributed by atoms with van der Waals surface area (Å²) in [7, 11) is 0. The van der Waals surface area contributed by atoms with E-state index < -0.39 is 23.5 Å². The van der Waals surface area contributed by atoms with Crippen LogP contribution in [0.25, 0.3) is 0 Å². The van der Waals surface area contributed by atoms with Crippen LogP contribution in [0, 0.1) is 5.82 Å². The monoisotopic (exact) mass is 419 g/mol. The summed E-state index contributed by atoms with van der Waals surface area (Å²) in [6.07, 6.45) is -4.00. The summed E-state index contributed by atoms with van der Waals surface area (Å²) in [4.78, 5) is 11.7. The molecule has 2 aromatic carbocycles. The van der Waals surface area contributed by atoms with Gasteiger partial charge < -0.3 is 10.1 Å². The lowest BCUT2D eigenvalue weighted by atomic mass is 10.1. The second-order valence-electron chi connectivity index (χ2n) is 5.16. The third kappa shape index (κ3) is 6.04. The smallest absolute Gasteiger partial charge is 0.416 e. The highest BCUT2D eigenvalue weighted by Crippen LogP contribution is 2.29. The van der Waals surface area contributed by atoms with Crippen molar-refractivity contribution in [1.29, 1.82) is 0 Å². The normalized spacial score (nSPS) is 11.2. The van der Waals surface area contributed by atoms with Gasteiger partial charge >= 0.3 is 6.18 Å². The summed E-state index contributed by atoms with van der Waals surface area (Å²) in [6.45, 7) is -0.123. The van der Waals surface area contributed by atoms with Crippen molar-refractivity contribution in [3.8, 4) is 5.75 Å². The Labute approximate surface area is 150 Å². The molecule has 0 unspecified atom stereocenters. The quantitative estimate of drug-likeness (QED) is 0.707. The fraction of sp³-hybridized carbons (Fsp3) is 0.235. The lowest BCUT2D eigenvalue weighted by molar-refractivity contribution is -0.137. The van der Waals surface area contributed by atoms with Gasteiger partial charge in [-0.1, -0.05) is 28.1 Å². The number of nitrogens with one attached hydrogen (secondary N) is 1. The molecule has 0 fully saturated rings. The Kier molecular flexibility index (Phi) is 6.41. The van der Waals surface area contributed by atoms with Gasteiger partial charge in [0.05, 0.1) is 5.56 Å². The third-order valence-electron chi connectivity index (χ3n) is 3.27. The van der Waals surface area contributed by atoms with Crippen LogP contribution in [0.2, 0.25) is 0 Å². The van der Waals surface area contributed by atoms with E-state index in [0.717, 1.165) is 12.1 Å². The zero-order chi connectivity index (χ0) is 18.4. The number of hydrogen-bond donors (Lipinski definition) is 1. The summed E-state index contributed by atoms with van der Waals surface area (Å²) < 4.78 is 56.5. The number of halogens is 5. The zero-order valence-corrected chi connectivity index (χ0v) is 14.5. The van der Waals surface area contributed by atoms with E-state index in [0.29, 0.717) is 16.5 Å². The van der Waals surface area contributed by atoms with Gasteiger partial charge in [0.1, 0.15) is 0 Å². The van der Waals surface area contributed by atoms with Gasteiger partial charge in [-0.2, -0.15) is 13.2 Å². The van der Waals surface area contributed by atoms with E-state index in [1.54, 1.807) is 6.07 Å². The van der Waals surface area contributed by atoms with E-state index in [2.05, 4.69) is 21.2 Å². The lowest BCUT2D eigenvalue weighted by Crippen LogP contribution is -2.30. The number of carbonyl (C=O) groups excluding carboxylic acids is 1. The van der Waals surface area contributed by atoms with E-state index in [1.807, 2.05) is 0 Å². The van der Waals surface area contributed by atoms with Crippen molar-refractivity contribution < 1.29 is 27.1 Å². The Bertz CT molecular complexity index is 732. The average Bonchev–Trinajstić information content (AvgIpc) is 2.53. The molecule has 0 aliphatic rings. The van der Waals surface area contributed by atoms with E-state index in [4.69, 9.17) is 4.74 Å². The predicted molar refractivity (Wildman–Crippen MR) is 87.8 cm³/mol. The second kappa shape index (κ2) is 8.33. The van der Waals surface area contributed by atoms with Crippen molar-refractivity contribution in [2.24, 2.45) is 0 Å². The highest BCUT2D eigenvalue weighted by atomic mass is 79.9. The van der Waals surface area contributed by atoms with Gasteiger partial charge in [0, 0.05) is 11.0 Å². The maximum Gasteiger partial charge on any atom is 0.416 e. The number of amides is 1. The Hall–Kier alpha value is -2.09. The summed E-state index contributed by atoms with van der Waals surface area (Å²) in [5.74, 6) is -1.08. The van der Waals surface area contributed by atoms with Crippen LogP contribution < -0.4 is 10.1 Å². The van der Waals surface area contributed by atoms with Crippen molar-refractivity contribution in [3.05, 3.63) is 63.9 Å². The van der Waals surface area contributed by atoms with Crippen LogP contribution in [0.4, 0.5) is 17.6 Å². The van der Waals surface area contributed by atoms with Crippen molar-refractivity contribution in [3.63, 3.8) is 0 Å². The molecule has 0 aliphatic heterocycles. The molecule has 0 atom stereocenters. The van der Waals surface area contributed by atoms with Crippen LogP contribution in [0.1, 0.15) is 11.1 Å². The van der Waals surface area contributed by atoms with E-state index >= 15 is 0 Å². The van der Waals surface area contributed by atoms with Crippen LogP contribution in [0.5, 0.6) is 5.75 Å². The van der Waals surface area contributed by atoms with Gasteiger partial charge in [0.25, 0.3) is 5.91 Å². The van der Waals surface area contributed by atoms with Gasteiger partial charge in [-0.15, -0.1) is 0 Å². The standard InChI is InChI=1S/C17H14BrF4NO2/c18-13-5-6-15(14(19)9-13)25-10-16(24)23-8-7-11-1-3-12(4-2-11)17(20,21)22/h1-6,9H,7-8,10H2,(H,23,24). The molecular formula is C17H14BrF4NO2. The van der Waals surface area contributed by atoms with Crippen LogP contribution >= 0.6 is 15.9 Å². The molecule has 0 saturated carbocycles. The summed E-state index contributed by atoms with van der Waals surface area (Å²) in [5.41, 5.74) is -0.0571. The van der Waals surface area contributed by atoms with Crippen molar-refractivity contribution in [2.45, 2.75) is 12.6 Å². The molecule has 0 radical (unpaired) electrons. The molecule has 1 amide bonds. The first-order chi connectivity index (χ1) is 11.8. The molecule has 8 heteroatoms. The molecule has 0 spiro atoms. The van der Waals surface area contributed by atoms with Crippen molar-refractivity contribution in [2.75, 3.05) is 13.2 Å².